The van der Waals surface area contributed by atoms with E-state index in [4.69, 9.17) is 4.98 Å². The van der Waals surface area contributed by atoms with Crippen LogP contribution in [0.15, 0.2) is 24.3 Å². The first-order chi connectivity index (χ1) is 13.1. The fourth-order valence-electron chi connectivity index (χ4n) is 3.40. The number of fused-ring (bicyclic) bond motifs is 1. The Labute approximate surface area is 164 Å². The molecule has 1 N–H and O–H groups in total. The van der Waals surface area contributed by atoms with Crippen LogP contribution in [0, 0.1) is 0 Å². The number of carbonyl (C=O) groups is 2. The minimum atomic E-state index is -0.0984. The average Bonchev–Trinajstić information content (AvgIpc) is 3.11. The molecule has 1 aromatic heterocycles. The number of likely N-dealkylation sites (N-methyl/N-ethyl adjacent to an activating group) is 1. The van der Waals surface area contributed by atoms with Gasteiger partial charge >= 0.3 is 0 Å². The Balaban J connectivity index is 1.54. The smallest absolute Gasteiger partial charge is 0.239 e. The molecular weight excluding hydrogens is 360 g/mol. The third-order valence-corrected chi connectivity index (χ3v) is 6.10. The van der Waals surface area contributed by atoms with Gasteiger partial charge < -0.3 is 10.2 Å². The van der Waals surface area contributed by atoms with Gasteiger partial charge in [0.25, 0.3) is 0 Å². The van der Waals surface area contributed by atoms with Gasteiger partial charge in [-0.15, -0.1) is 11.3 Å². The summed E-state index contributed by atoms with van der Waals surface area (Å²) >= 11 is 1.76. The second-order valence-electron chi connectivity index (χ2n) is 7.19. The van der Waals surface area contributed by atoms with Gasteiger partial charge in [0.15, 0.2) is 0 Å². The number of nitrogens with zero attached hydrogens (tertiary/aromatic N) is 3. The van der Waals surface area contributed by atoms with Crippen molar-refractivity contribution >= 4 is 33.4 Å². The molecule has 1 atom stereocenters. The topological polar surface area (TPSA) is 65.5 Å². The van der Waals surface area contributed by atoms with E-state index in [2.05, 4.69) is 22.3 Å². The lowest BCUT2D eigenvalue weighted by Crippen LogP contribution is -2.45. The molecule has 2 heterocycles. The van der Waals surface area contributed by atoms with Crippen LogP contribution in [-0.4, -0.2) is 66.4 Å². The van der Waals surface area contributed by atoms with Gasteiger partial charge in [-0.25, -0.2) is 4.98 Å². The van der Waals surface area contributed by atoms with Crippen molar-refractivity contribution in [2.75, 3.05) is 39.8 Å². The number of aromatic nitrogens is 1. The van der Waals surface area contributed by atoms with Crippen molar-refractivity contribution in [1.82, 2.24) is 20.1 Å². The normalized spacial score (nSPS) is 17.8. The molecule has 2 aromatic rings. The molecule has 0 radical (unpaired) electrons. The molecule has 146 valence electrons. The molecule has 1 aromatic carbocycles. The van der Waals surface area contributed by atoms with Crippen molar-refractivity contribution < 1.29 is 9.59 Å². The quantitative estimate of drug-likeness (QED) is 0.791. The number of thiazole rings is 1. The van der Waals surface area contributed by atoms with E-state index >= 15 is 0 Å². The highest BCUT2D eigenvalue weighted by Gasteiger charge is 2.26. The number of hydrogen-bond acceptors (Lipinski definition) is 5. The van der Waals surface area contributed by atoms with E-state index in [0.717, 1.165) is 37.9 Å². The second kappa shape index (κ2) is 9.28. The van der Waals surface area contributed by atoms with E-state index in [-0.39, 0.29) is 18.4 Å². The van der Waals surface area contributed by atoms with Crippen molar-refractivity contribution in [2.24, 2.45) is 0 Å². The fraction of sp³-hybridized carbons (Fsp3) is 0.550. The molecule has 2 amide bonds. The standard InChI is InChI=1S/C20H28N4O2S/c1-3-10-21-18(25)13-23(2)19(26)14-24-11-6-7-15(12-24)20-22-16-8-4-5-9-17(16)27-20/h4-5,8-9,15H,3,6-7,10-14H2,1-2H3,(H,21,25)/t15-/m1/s1. The summed E-state index contributed by atoms with van der Waals surface area (Å²) in [6, 6.07) is 8.23. The molecule has 0 aliphatic carbocycles. The van der Waals surface area contributed by atoms with Crippen molar-refractivity contribution in [3.05, 3.63) is 29.3 Å². The third-order valence-electron chi connectivity index (χ3n) is 4.90. The Morgan fingerprint density at radius 2 is 2.19 bits per heavy atom. The number of hydrogen-bond donors (Lipinski definition) is 1. The molecule has 0 saturated carbocycles. The van der Waals surface area contributed by atoms with Crippen molar-refractivity contribution in [2.45, 2.75) is 32.1 Å². The van der Waals surface area contributed by atoms with Crippen LogP contribution < -0.4 is 5.32 Å². The first-order valence-electron chi connectivity index (χ1n) is 9.65. The summed E-state index contributed by atoms with van der Waals surface area (Å²) in [5.41, 5.74) is 1.06. The maximum atomic E-state index is 12.5. The molecule has 6 nitrogen and oxygen atoms in total. The number of amides is 2. The van der Waals surface area contributed by atoms with Crippen LogP contribution in [0.4, 0.5) is 0 Å². The number of benzene rings is 1. The third kappa shape index (κ3) is 5.26. The van der Waals surface area contributed by atoms with E-state index in [1.54, 1.807) is 18.4 Å². The first kappa shape index (κ1) is 19.8. The van der Waals surface area contributed by atoms with Gasteiger partial charge in [-0.05, 0) is 37.9 Å². The molecular formula is C20H28N4O2S. The second-order valence-corrected chi connectivity index (χ2v) is 8.26. The van der Waals surface area contributed by atoms with Gasteiger partial charge in [0.2, 0.25) is 11.8 Å². The predicted octanol–water partition coefficient (Wildman–Crippen LogP) is 2.46. The van der Waals surface area contributed by atoms with Crippen molar-refractivity contribution in [3.8, 4) is 0 Å². The molecule has 0 unspecified atom stereocenters. The summed E-state index contributed by atoms with van der Waals surface area (Å²) in [6.45, 7) is 4.90. The molecule has 1 fully saturated rings. The molecule has 3 rings (SSSR count). The predicted molar refractivity (Wildman–Crippen MR) is 109 cm³/mol. The number of para-hydroxylation sites is 1. The summed E-state index contributed by atoms with van der Waals surface area (Å²) in [5, 5.41) is 3.98. The Hall–Kier alpha value is -1.99. The SMILES string of the molecule is CCCNC(=O)CN(C)C(=O)CN1CCC[C@@H](c2nc3ccccc3s2)C1. The van der Waals surface area contributed by atoms with Crippen LogP contribution in [0.2, 0.25) is 0 Å². The number of carbonyl (C=O) groups excluding carboxylic acids is 2. The minimum Gasteiger partial charge on any atom is -0.355 e. The van der Waals surface area contributed by atoms with Gasteiger partial charge in [-0.2, -0.15) is 0 Å². The molecule has 0 bridgehead atoms. The van der Waals surface area contributed by atoms with Crippen LogP contribution in [-0.2, 0) is 9.59 Å². The summed E-state index contributed by atoms with van der Waals surface area (Å²) in [5.74, 6) is 0.271. The van der Waals surface area contributed by atoms with Crippen LogP contribution in [0.1, 0.15) is 37.1 Å². The van der Waals surface area contributed by atoms with Crippen molar-refractivity contribution in [1.29, 1.82) is 0 Å². The summed E-state index contributed by atoms with van der Waals surface area (Å²) in [4.78, 5) is 32.8. The Kier molecular flexibility index (Phi) is 6.79. The minimum absolute atomic E-state index is 0.00778. The van der Waals surface area contributed by atoms with Gasteiger partial charge in [-0.1, -0.05) is 19.1 Å². The lowest BCUT2D eigenvalue weighted by atomic mass is 9.99. The Morgan fingerprint density at radius 1 is 1.37 bits per heavy atom. The van der Waals surface area contributed by atoms with E-state index in [0.29, 0.717) is 19.0 Å². The Morgan fingerprint density at radius 3 is 2.96 bits per heavy atom. The van der Waals surface area contributed by atoms with Crippen LogP contribution in [0.3, 0.4) is 0 Å². The lowest BCUT2D eigenvalue weighted by molar-refractivity contribution is -0.135. The highest BCUT2D eigenvalue weighted by Crippen LogP contribution is 2.32. The van der Waals surface area contributed by atoms with Crippen LogP contribution in [0.25, 0.3) is 10.2 Å². The average molecular weight is 389 g/mol. The monoisotopic (exact) mass is 388 g/mol. The summed E-state index contributed by atoms with van der Waals surface area (Å²) < 4.78 is 1.22. The van der Waals surface area contributed by atoms with E-state index < -0.39 is 0 Å². The zero-order valence-electron chi connectivity index (χ0n) is 16.1. The number of piperidine rings is 1. The highest BCUT2D eigenvalue weighted by atomic mass is 32.1. The molecule has 7 heteroatoms. The summed E-state index contributed by atoms with van der Waals surface area (Å²) in [6.07, 6.45) is 3.07. The van der Waals surface area contributed by atoms with Gasteiger partial charge in [0, 0.05) is 26.1 Å². The van der Waals surface area contributed by atoms with E-state index in [1.807, 2.05) is 19.1 Å². The molecule has 27 heavy (non-hydrogen) atoms. The zero-order chi connectivity index (χ0) is 19.2. The van der Waals surface area contributed by atoms with E-state index in [1.165, 1.54) is 14.6 Å². The van der Waals surface area contributed by atoms with E-state index in [9.17, 15) is 9.59 Å². The van der Waals surface area contributed by atoms with Gasteiger partial charge in [0.1, 0.15) is 0 Å². The van der Waals surface area contributed by atoms with Gasteiger partial charge in [-0.3, -0.25) is 14.5 Å². The molecule has 1 aliphatic heterocycles. The van der Waals surface area contributed by atoms with Crippen LogP contribution in [0.5, 0.6) is 0 Å². The van der Waals surface area contributed by atoms with Crippen LogP contribution >= 0.6 is 11.3 Å². The zero-order valence-corrected chi connectivity index (χ0v) is 16.9. The highest BCUT2D eigenvalue weighted by molar-refractivity contribution is 7.18. The number of likely N-dealkylation sites (tertiary alicyclic amines) is 1. The fourth-order valence-corrected chi connectivity index (χ4v) is 4.49. The summed E-state index contributed by atoms with van der Waals surface area (Å²) in [7, 11) is 1.70. The molecule has 1 aliphatic rings. The largest absolute Gasteiger partial charge is 0.355 e. The molecule has 1 saturated heterocycles. The lowest BCUT2D eigenvalue weighted by Gasteiger charge is -2.32. The first-order valence-corrected chi connectivity index (χ1v) is 10.5. The number of nitrogens with one attached hydrogen (secondary N) is 1. The number of rotatable bonds is 7. The van der Waals surface area contributed by atoms with Gasteiger partial charge in [0.05, 0.1) is 28.3 Å². The Bertz CT molecular complexity index is 758. The maximum absolute atomic E-state index is 12.5. The molecule has 0 spiro atoms. The maximum Gasteiger partial charge on any atom is 0.239 e. The van der Waals surface area contributed by atoms with Crippen molar-refractivity contribution in [3.63, 3.8) is 0 Å².